The fourth-order valence-corrected chi connectivity index (χ4v) is 9.57. The first-order valence-electron chi connectivity index (χ1n) is 20.7. The van der Waals surface area contributed by atoms with Gasteiger partial charge >= 0.3 is 6.09 Å². The van der Waals surface area contributed by atoms with Gasteiger partial charge in [-0.2, -0.15) is 0 Å². The van der Waals surface area contributed by atoms with Crippen LogP contribution in [0.3, 0.4) is 0 Å². The van der Waals surface area contributed by atoms with Crippen LogP contribution in [0.25, 0.3) is 5.82 Å². The quantitative estimate of drug-likeness (QED) is 0.0845. The summed E-state index contributed by atoms with van der Waals surface area (Å²) >= 11 is 6.58. The van der Waals surface area contributed by atoms with Crippen LogP contribution >= 0.6 is 22.3 Å². The van der Waals surface area contributed by atoms with Crippen LogP contribution in [-0.2, 0) is 11.2 Å². The number of amides is 2. The van der Waals surface area contributed by atoms with Crippen molar-refractivity contribution >= 4 is 45.5 Å². The summed E-state index contributed by atoms with van der Waals surface area (Å²) < 4.78 is 16.4. The number of hydrogen-bond acceptors (Lipinski definition) is 8. The number of carbonyl (C=O) groups is 2. The normalized spacial score (nSPS) is 17.9. The van der Waals surface area contributed by atoms with E-state index in [0.717, 1.165) is 48.9 Å². The van der Waals surface area contributed by atoms with Gasteiger partial charge in [0, 0.05) is 30.9 Å². The molecule has 0 bridgehead atoms. The van der Waals surface area contributed by atoms with E-state index in [-0.39, 0.29) is 28.3 Å². The van der Waals surface area contributed by atoms with Gasteiger partial charge in [-0.05, 0) is 137 Å². The highest BCUT2D eigenvalue weighted by Crippen LogP contribution is 2.40. The second kappa shape index (κ2) is 19.6. The van der Waals surface area contributed by atoms with Crippen molar-refractivity contribution in [3.05, 3.63) is 89.2 Å². The number of ether oxygens (including phenoxy) is 2. The van der Waals surface area contributed by atoms with Gasteiger partial charge in [0.1, 0.15) is 21.6 Å². The lowest BCUT2D eigenvalue weighted by atomic mass is 9.81. The van der Waals surface area contributed by atoms with Gasteiger partial charge < -0.3 is 19.7 Å². The first-order valence-corrected chi connectivity index (χ1v) is 22.4. The van der Waals surface area contributed by atoms with E-state index in [4.69, 9.17) is 26.1 Å². The number of likely N-dealkylation sites (tertiary alicyclic amines) is 1. The summed E-state index contributed by atoms with van der Waals surface area (Å²) in [6.07, 6.45) is 11.6. The van der Waals surface area contributed by atoms with Gasteiger partial charge in [-0.1, -0.05) is 73.7 Å². The Bertz CT molecular complexity index is 2030. The van der Waals surface area contributed by atoms with E-state index in [1.165, 1.54) is 31.2 Å². The number of pyridine rings is 2. The maximum Gasteiger partial charge on any atom is 0.410 e. The topological polar surface area (TPSA) is 124 Å². The monoisotopic (exact) mass is 829 g/mol. The van der Waals surface area contributed by atoms with Gasteiger partial charge in [-0.25, -0.2) is 19.4 Å². The number of halogens is 1. The summed E-state index contributed by atoms with van der Waals surface area (Å²) in [4.78, 5) is 38.1. The van der Waals surface area contributed by atoms with Gasteiger partial charge in [0.15, 0.2) is 5.82 Å². The third kappa shape index (κ3) is 11.8. The van der Waals surface area contributed by atoms with Crippen LogP contribution < -0.4 is 14.8 Å². The molecule has 2 N–H and O–H groups in total. The van der Waals surface area contributed by atoms with Crippen LogP contribution in [0.15, 0.2) is 78.0 Å². The van der Waals surface area contributed by atoms with Crippen molar-refractivity contribution in [3.8, 4) is 11.7 Å². The fraction of sp³-hybridized carbons (Fsp3) is 0.511. The van der Waals surface area contributed by atoms with E-state index in [9.17, 15) is 9.59 Å². The number of carbonyl (C=O) groups excluding carboxylic acids is 2. The van der Waals surface area contributed by atoms with Crippen LogP contribution in [0.2, 0.25) is 5.15 Å². The number of rotatable bonds is 16. The first kappa shape index (κ1) is 43.2. The van der Waals surface area contributed by atoms with Crippen molar-refractivity contribution in [1.82, 2.24) is 29.4 Å². The highest BCUT2D eigenvalue weighted by Gasteiger charge is 2.45. The molecule has 312 valence electrons. The zero-order valence-corrected chi connectivity index (χ0v) is 36.5. The summed E-state index contributed by atoms with van der Waals surface area (Å²) in [5.74, 6) is 2.88. The Hall–Kier alpha value is -4.42. The molecule has 0 radical (unpaired) electrons. The summed E-state index contributed by atoms with van der Waals surface area (Å²) in [6, 6.07) is 21.6. The van der Waals surface area contributed by atoms with E-state index in [1.807, 2.05) is 68.3 Å². The molecule has 11 nitrogen and oxygen atoms in total. The number of aromatic nitrogens is 4. The van der Waals surface area contributed by atoms with Crippen molar-refractivity contribution in [2.45, 2.75) is 115 Å². The molecule has 3 unspecified atom stereocenters. The molecule has 3 atom stereocenters. The Kier molecular flexibility index (Phi) is 14.6. The molecule has 1 saturated carbocycles. The lowest BCUT2D eigenvalue weighted by Crippen LogP contribution is -2.45. The standard InChI is InChI=1S/C45H60ClN7O4S/c1-7-58(51-42(54)36-22-23-38(49-41(36)46)53-28-25-39(50-53)56-29-26-33-16-11-12-17-33)40-19-13-18-37(48-40)47-27-24-34(21-20-32-14-9-8-10-15-32)35-30-45(5,6)52(31-35)43(55)57-44(2,3)4/h7-10,13-15,18-19,22-23,25,28,33-35H,11-12,16-17,20-21,24,26-27,29-31H2,1-6H3,(H,47,48)(H,51,54). The first-order chi connectivity index (χ1) is 27.8. The Morgan fingerprint density at radius 2 is 1.79 bits per heavy atom. The molecule has 3 aromatic heterocycles. The summed E-state index contributed by atoms with van der Waals surface area (Å²) in [5.41, 5.74) is 0.733. The molecule has 13 heteroatoms. The van der Waals surface area contributed by atoms with E-state index in [2.05, 4.69) is 58.2 Å². The number of anilines is 1. The number of aryl methyl sites for hydroxylation is 1. The number of nitrogens with one attached hydrogen (secondary N) is 2. The van der Waals surface area contributed by atoms with E-state index >= 15 is 0 Å². The lowest BCUT2D eigenvalue weighted by Gasteiger charge is -2.33. The molecule has 1 aliphatic carbocycles. The average Bonchev–Trinajstić information content (AvgIpc) is 3.96. The highest BCUT2D eigenvalue weighted by molar-refractivity contribution is 8.13. The average molecular weight is 831 g/mol. The van der Waals surface area contributed by atoms with Gasteiger partial charge in [0.25, 0.3) is 5.91 Å². The van der Waals surface area contributed by atoms with Gasteiger partial charge in [-0.15, -0.1) is 5.10 Å². The maximum absolute atomic E-state index is 13.5. The van der Waals surface area contributed by atoms with Gasteiger partial charge in [-0.3, -0.25) is 9.52 Å². The molecule has 4 aromatic rings. The van der Waals surface area contributed by atoms with Crippen molar-refractivity contribution < 1.29 is 19.1 Å². The lowest BCUT2D eigenvalue weighted by molar-refractivity contribution is 0.0128. The smallest absolute Gasteiger partial charge is 0.410 e. The minimum atomic E-state index is -0.797. The van der Waals surface area contributed by atoms with Crippen LogP contribution in [0.1, 0.15) is 109 Å². The minimum absolute atomic E-state index is 0.0823. The third-order valence-corrected chi connectivity index (χ3v) is 13.0. The minimum Gasteiger partial charge on any atom is -0.477 e. The van der Waals surface area contributed by atoms with Crippen molar-refractivity contribution in [3.63, 3.8) is 0 Å². The van der Waals surface area contributed by atoms with Crippen molar-refractivity contribution in [2.75, 3.05) is 25.0 Å². The SMILES string of the molecule is C/C=S(/NC(=O)c1ccc(-n2ccc(OCCC3CCCC3)n2)nc1Cl)c1cccc(NCCC(CCc2ccccc2)C2CN(C(=O)OC(C)(C)C)C(C)(C)C2)n1. The van der Waals surface area contributed by atoms with E-state index in [0.29, 0.717) is 43.2 Å². The number of nitrogens with zero attached hydrogens (tertiary/aromatic N) is 5. The number of hydrogen-bond donors (Lipinski definition) is 2. The van der Waals surface area contributed by atoms with Crippen molar-refractivity contribution in [2.24, 2.45) is 17.8 Å². The number of benzene rings is 1. The van der Waals surface area contributed by atoms with Gasteiger partial charge in [0.2, 0.25) is 5.88 Å². The molecule has 1 saturated heterocycles. The van der Waals surface area contributed by atoms with Crippen LogP contribution in [0.4, 0.5) is 10.6 Å². The fourth-order valence-electron chi connectivity index (χ4n) is 8.14. The van der Waals surface area contributed by atoms with Crippen molar-refractivity contribution in [1.29, 1.82) is 0 Å². The van der Waals surface area contributed by atoms with Crippen LogP contribution in [0.5, 0.6) is 5.88 Å². The summed E-state index contributed by atoms with van der Waals surface area (Å²) in [5, 5.41) is 10.8. The molecule has 2 fully saturated rings. The largest absolute Gasteiger partial charge is 0.477 e. The zero-order chi connectivity index (χ0) is 41.3. The molecular formula is C45H60ClN7O4S. The van der Waals surface area contributed by atoms with Crippen LogP contribution in [0, 0.1) is 17.8 Å². The van der Waals surface area contributed by atoms with E-state index in [1.54, 1.807) is 23.0 Å². The Morgan fingerprint density at radius 3 is 2.52 bits per heavy atom. The van der Waals surface area contributed by atoms with Gasteiger partial charge in [0.05, 0.1) is 12.2 Å². The maximum atomic E-state index is 13.5. The predicted octanol–water partition coefficient (Wildman–Crippen LogP) is 10.2. The molecule has 2 amide bonds. The van der Waals surface area contributed by atoms with Crippen LogP contribution in [-0.4, -0.2) is 72.9 Å². The zero-order valence-electron chi connectivity index (χ0n) is 34.9. The third-order valence-electron chi connectivity index (χ3n) is 11.2. The molecule has 0 spiro atoms. The van der Waals surface area contributed by atoms with E-state index < -0.39 is 16.3 Å². The second-order valence-electron chi connectivity index (χ2n) is 17.1. The molecule has 6 rings (SSSR count). The predicted molar refractivity (Wildman–Crippen MR) is 234 cm³/mol. The molecule has 58 heavy (non-hydrogen) atoms. The summed E-state index contributed by atoms with van der Waals surface area (Å²) in [7, 11) is -0.797. The molecular weight excluding hydrogens is 770 g/mol. The molecule has 4 heterocycles. The summed E-state index contributed by atoms with van der Waals surface area (Å²) in [6.45, 7) is 14.0. The Balaban J connectivity index is 1.06. The second-order valence-corrected chi connectivity index (χ2v) is 19.3. The Labute approximate surface area is 351 Å². The molecule has 1 aromatic carbocycles. The Morgan fingerprint density at radius 1 is 1.02 bits per heavy atom. The molecule has 2 aliphatic rings. The molecule has 1 aliphatic heterocycles. The highest BCUT2D eigenvalue weighted by atomic mass is 35.5.